The van der Waals surface area contributed by atoms with Crippen LogP contribution in [-0.4, -0.2) is 45.9 Å². The minimum Gasteiger partial charge on any atom is -0.316 e. The van der Waals surface area contributed by atoms with Crippen LogP contribution >= 0.6 is 0 Å². The molecule has 1 heterocycles. The fraction of sp³-hybridized carbons (Fsp3) is 1.00. The Morgan fingerprint density at radius 3 is 2.82 bits per heavy atom. The quantitative estimate of drug-likeness (QED) is 0.672. The largest absolute Gasteiger partial charge is 0.316 e. The molecule has 0 saturated carbocycles. The summed E-state index contributed by atoms with van der Waals surface area (Å²) in [6, 6.07) is 0. The second-order valence-electron chi connectivity index (χ2n) is 4.72. The Morgan fingerprint density at radius 2 is 2.24 bits per heavy atom. The molecule has 0 spiro atoms. The summed E-state index contributed by atoms with van der Waals surface area (Å²) in [7, 11) is -1.63. The summed E-state index contributed by atoms with van der Waals surface area (Å²) < 4.78 is 27.7. The van der Waals surface area contributed by atoms with Crippen LogP contribution in [0.15, 0.2) is 0 Å². The maximum atomic E-state index is 11.8. The second-order valence-corrected chi connectivity index (χ2v) is 6.58. The van der Waals surface area contributed by atoms with Gasteiger partial charge in [-0.2, -0.15) is 12.7 Å². The summed E-state index contributed by atoms with van der Waals surface area (Å²) in [5.74, 6) is 0.624. The van der Waals surface area contributed by atoms with Crippen molar-refractivity contribution in [2.45, 2.75) is 32.6 Å². The highest BCUT2D eigenvalue weighted by atomic mass is 32.2. The van der Waals surface area contributed by atoms with E-state index in [-0.39, 0.29) is 0 Å². The molecule has 5 nitrogen and oxygen atoms in total. The molecule has 1 fully saturated rings. The van der Waals surface area contributed by atoms with Crippen LogP contribution in [0.5, 0.6) is 0 Å². The lowest BCUT2D eigenvalue weighted by molar-refractivity contribution is 0.442. The van der Waals surface area contributed by atoms with Crippen molar-refractivity contribution in [3.8, 4) is 0 Å². The van der Waals surface area contributed by atoms with Crippen molar-refractivity contribution in [2.75, 3.05) is 33.2 Å². The van der Waals surface area contributed by atoms with E-state index in [0.29, 0.717) is 19.0 Å². The van der Waals surface area contributed by atoms with E-state index in [2.05, 4.69) is 17.0 Å². The van der Waals surface area contributed by atoms with Gasteiger partial charge < -0.3 is 5.32 Å². The summed E-state index contributed by atoms with van der Waals surface area (Å²) in [4.78, 5) is 0. The minimum atomic E-state index is -3.26. The van der Waals surface area contributed by atoms with E-state index in [0.717, 1.165) is 38.8 Å². The molecule has 1 aliphatic rings. The molecule has 1 aliphatic heterocycles. The SMILES string of the molecule is CCCCN(C)S(=O)(=O)NCCC1CCNC1. The Kier molecular flexibility index (Phi) is 6.40. The molecule has 17 heavy (non-hydrogen) atoms. The highest BCUT2D eigenvalue weighted by Crippen LogP contribution is 2.11. The minimum absolute atomic E-state index is 0.547. The van der Waals surface area contributed by atoms with Gasteiger partial charge in [0.1, 0.15) is 0 Å². The van der Waals surface area contributed by atoms with Gasteiger partial charge in [0.25, 0.3) is 10.2 Å². The van der Waals surface area contributed by atoms with E-state index in [4.69, 9.17) is 0 Å². The van der Waals surface area contributed by atoms with E-state index in [1.54, 1.807) is 7.05 Å². The number of unbranched alkanes of at least 4 members (excludes halogenated alkanes) is 1. The summed E-state index contributed by atoms with van der Waals surface area (Å²) >= 11 is 0. The zero-order valence-corrected chi connectivity index (χ0v) is 11.7. The number of nitrogens with one attached hydrogen (secondary N) is 2. The fourth-order valence-corrected chi connectivity index (χ4v) is 2.93. The van der Waals surface area contributed by atoms with Crippen LogP contribution in [0.3, 0.4) is 0 Å². The summed E-state index contributed by atoms with van der Waals surface area (Å²) in [5, 5.41) is 3.28. The van der Waals surface area contributed by atoms with Crippen molar-refractivity contribution in [1.29, 1.82) is 0 Å². The molecular formula is C11H25N3O2S. The van der Waals surface area contributed by atoms with Crippen molar-refractivity contribution >= 4 is 10.2 Å². The number of rotatable bonds is 8. The molecule has 0 aliphatic carbocycles. The van der Waals surface area contributed by atoms with Crippen LogP contribution in [0.25, 0.3) is 0 Å². The van der Waals surface area contributed by atoms with Gasteiger partial charge in [-0.05, 0) is 38.3 Å². The molecule has 1 rings (SSSR count). The highest BCUT2D eigenvalue weighted by molar-refractivity contribution is 7.87. The van der Waals surface area contributed by atoms with Gasteiger partial charge in [0, 0.05) is 20.1 Å². The van der Waals surface area contributed by atoms with Crippen LogP contribution < -0.4 is 10.0 Å². The van der Waals surface area contributed by atoms with Crippen molar-refractivity contribution in [3.05, 3.63) is 0 Å². The maximum Gasteiger partial charge on any atom is 0.279 e. The van der Waals surface area contributed by atoms with Crippen molar-refractivity contribution < 1.29 is 8.42 Å². The fourth-order valence-electron chi connectivity index (χ4n) is 1.96. The average molecular weight is 263 g/mol. The van der Waals surface area contributed by atoms with Gasteiger partial charge in [-0.15, -0.1) is 0 Å². The molecule has 1 atom stereocenters. The van der Waals surface area contributed by atoms with Gasteiger partial charge in [0.2, 0.25) is 0 Å². The smallest absolute Gasteiger partial charge is 0.279 e. The van der Waals surface area contributed by atoms with Gasteiger partial charge in [0.05, 0.1) is 0 Å². The molecule has 0 aromatic rings. The van der Waals surface area contributed by atoms with Gasteiger partial charge in [-0.25, -0.2) is 4.72 Å². The normalized spacial score (nSPS) is 21.2. The molecule has 0 radical (unpaired) electrons. The second kappa shape index (κ2) is 7.31. The zero-order valence-electron chi connectivity index (χ0n) is 10.9. The topological polar surface area (TPSA) is 61.4 Å². The number of nitrogens with zero attached hydrogens (tertiary/aromatic N) is 1. The average Bonchev–Trinajstić information content (AvgIpc) is 2.78. The van der Waals surface area contributed by atoms with Crippen LogP contribution in [-0.2, 0) is 10.2 Å². The first kappa shape index (κ1) is 14.9. The van der Waals surface area contributed by atoms with Crippen molar-refractivity contribution in [3.63, 3.8) is 0 Å². The van der Waals surface area contributed by atoms with Crippen molar-refractivity contribution in [1.82, 2.24) is 14.3 Å². The molecule has 1 unspecified atom stereocenters. The van der Waals surface area contributed by atoms with Gasteiger partial charge in [-0.1, -0.05) is 13.3 Å². The molecule has 6 heteroatoms. The Bertz CT molecular complexity index is 300. The molecule has 2 N–H and O–H groups in total. The molecule has 0 amide bonds. The summed E-state index contributed by atoms with van der Waals surface area (Å²) in [6.45, 7) is 5.28. The molecule has 1 saturated heterocycles. The molecule has 0 bridgehead atoms. The first-order valence-corrected chi connectivity index (χ1v) is 7.92. The lowest BCUT2D eigenvalue weighted by Crippen LogP contribution is -2.39. The zero-order chi connectivity index (χ0) is 12.7. The third-order valence-electron chi connectivity index (χ3n) is 3.24. The third kappa shape index (κ3) is 5.33. The van der Waals surface area contributed by atoms with E-state index in [9.17, 15) is 8.42 Å². The molecular weight excluding hydrogens is 238 g/mol. The first-order chi connectivity index (χ1) is 8.06. The predicted molar refractivity (Wildman–Crippen MR) is 70.1 cm³/mol. The Labute approximate surface area is 105 Å². The van der Waals surface area contributed by atoms with E-state index in [1.165, 1.54) is 4.31 Å². The highest BCUT2D eigenvalue weighted by Gasteiger charge is 2.18. The number of hydrogen-bond donors (Lipinski definition) is 2. The van der Waals surface area contributed by atoms with E-state index in [1.807, 2.05) is 0 Å². The van der Waals surface area contributed by atoms with Crippen LogP contribution in [0.1, 0.15) is 32.6 Å². The van der Waals surface area contributed by atoms with Gasteiger partial charge >= 0.3 is 0 Å². The van der Waals surface area contributed by atoms with Crippen LogP contribution in [0.2, 0.25) is 0 Å². The lowest BCUT2D eigenvalue weighted by atomic mass is 10.1. The Hall–Kier alpha value is -0.170. The van der Waals surface area contributed by atoms with E-state index < -0.39 is 10.2 Å². The van der Waals surface area contributed by atoms with Gasteiger partial charge in [-0.3, -0.25) is 0 Å². The predicted octanol–water partition coefficient (Wildman–Crippen LogP) is 0.552. The monoisotopic (exact) mass is 263 g/mol. The van der Waals surface area contributed by atoms with E-state index >= 15 is 0 Å². The van der Waals surface area contributed by atoms with Crippen LogP contribution in [0, 0.1) is 5.92 Å². The van der Waals surface area contributed by atoms with Crippen molar-refractivity contribution in [2.24, 2.45) is 5.92 Å². The number of hydrogen-bond acceptors (Lipinski definition) is 3. The first-order valence-electron chi connectivity index (χ1n) is 6.48. The lowest BCUT2D eigenvalue weighted by Gasteiger charge is -2.18. The maximum absolute atomic E-state index is 11.8. The molecule has 0 aromatic carbocycles. The Balaban J connectivity index is 2.23. The van der Waals surface area contributed by atoms with Crippen LogP contribution in [0.4, 0.5) is 0 Å². The molecule has 0 aromatic heterocycles. The standard InChI is InChI=1S/C11H25N3O2S/c1-3-4-9-14(2)17(15,16)13-8-6-11-5-7-12-10-11/h11-13H,3-10H2,1-2H3. The molecule has 102 valence electrons. The summed E-state index contributed by atoms with van der Waals surface area (Å²) in [5.41, 5.74) is 0. The third-order valence-corrected chi connectivity index (χ3v) is 4.81. The van der Waals surface area contributed by atoms with Gasteiger partial charge in [0.15, 0.2) is 0 Å². The Morgan fingerprint density at radius 1 is 1.47 bits per heavy atom. The summed E-state index contributed by atoms with van der Waals surface area (Å²) in [6.07, 6.45) is 4.00.